The summed E-state index contributed by atoms with van der Waals surface area (Å²) in [4.78, 5) is 0. The molecule has 0 saturated carbocycles. The fourth-order valence-electron chi connectivity index (χ4n) is 2.72. The van der Waals surface area contributed by atoms with E-state index in [4.69, 9.17) is 0 Å². The topological polar surface area (TPSA) is 20.2 Å². The van der Waals surface area contributed by atoms with Crippen LogP contribution in [0.2, 0.25) is 0 Å². The third kappa shape index (κ3) is 7.47. The molecule has 0 aliphatic heterocycles. The maximum Gasteiger partial charge on any atom is 0.0760 e. The summed E-state index contributed by atoms with van der Waals surface area (Å²) >= 11 is 0. The van der Waals surface area contributed by atoms with Gasteiger partial charge in [-0.2, -0.15) is 0 Å². The fraction of sp³-hybridized carbons (Fsp3) is 0.600. The molecule has 0 aromatic carbocycles. The quantitative estimate of drug-likeness (QED) is 0.624. The molecule has 21 heavy (non-hydrogen) atoms. The van der Waals surface area contributed by atoms with Crippen LogP contribution in [0.15, 0.2) is 47.1 Å². The van der Waals surface area contributed by atoms with Gasteiger partial charge in [0, 0.05) is 0 Å². The zero-order valence-electron chi connectivity index (χ0n) is 14.4. The monoisotopic (exact) mass is 288 g/mol. The molecule has 1 aliphatic rings. The van der Waals surface area contributed by atoms with E-state index in [9.17, 15) is 5.11 Å². The van der Waals surface area contributed by atoms with Crippen molar-refractivity contribution in [1.82, 2.24) is 0 Å². The van der Waals surface area contributed by atoms with Crippen LogP contribution in [0.3, 0.4) is 0 Å². The molecule has 0 spiro atoms. The van der Waals surface area contributed by atoms with Crippen molar-refractivity contribution in [3.8, 4) is 0 Å². The highest BCUT2D eigenvalue weighted by Crippen LogP contribution is 2.23. The summed E-state index contributed by atoms with van der Waals surface area (Å²) in [5.41, 5.74) is 3.89. The summed E-state index contributed by atoms with van der Waals surface area (Å²) in [5.74, 6) is 1.26. The van der Waals surface area contributed by atoms with Gasteiger partial charge in [-0.15, -0.1) is 0 Å². The van der Waals surface area contributed by atoms with Gasteiger partial charge in [-0.25, -0.2) is 0 Å². The van der Waals surface area contributed by atoms with Crippen LogP contribution in [0, 0.1) is 11.8 Å². The van der Waals surface area contributed by atoms with Crippen LogP contribution >= 0.6 is 0 Å². The van der Waals surface area contributed by atoms with Crippen molar-refractivity contribution in [3.63, 3.8) is 0 Å². The molecule has 1 heteroatoms. The number of aliphatic hydroxyl groups is 1. The zero-order valence-corrected chi connectivity index (χ0v) is 14.4. The predicted molar refractivity (Wildman–Crippen MR) is 93.2 cm³/mol. The van der Waals surface area contributed by atoms with Crippen molar-refractivity contribution in [2.75, 3.05) is 0 Å². The molecular formula is C20H32O. The first-order valence-corrected chi connectivity index (χ1v) is 8.24. The third-order valence-corrected chi connectivity index (χ3v) is 4.25. The van der Waals surface area contributed by atoms with Crippen molar-refractivity contribution >= 4 is 0 Å². The molecule has 0 bridgehead atoms. The summed E-state index contributed by atoms with van der Waals surface area (Å²) < 4.78 is 0. The Morgan fingerprint density at radius 3 is 2.48 bits per heavy atom. The molecule has 0 saturated heterocycles. The molecule has 1 nitrogen and oxygen atoms in total. The van der Waals surface area contributed by atoms with Crippen molar-refractivity contribution in [2.45, 2.75) is 66.4 Å². The Morgan fingerprint density at radius 1 is 1.10 bits per heavy atom. The van der Waals surface area contributed by atoms with Gasteiger partial charge in [0.05, 0.1) is 6.10 Å². The van der Waals surface area contributed by atoms with E-state index >= 15 is 0 Å². The molecule has 0 fully saturated rings. The lowest BCUT2D eigenvalue weighted by molar-refractivity contribution is 0.222. The Kier molecular flexibility index (Phi) is 7.74. The average molecular weight is 288 g/mol. The van der Waals surface area contributed by atoms with E-state index in [2.05, 4.69) is 58.9 Å². The fourth-order valence-corrected chi connectivity index (χ4v) is 2.72. The van der Waals surface area contributed by atoms with Crippen LogP contribution in [0.4, 0.5) is 0 Å². The maximum atomic E-state index is 10.1. The molecule has 0 radical (unpaired) electrons. The Labute approximate surface area is 131 Å². The van der Waals surface area contributed by atoms with E-state index in [1.807, 2.05) is 6.08 Å². The zero-order chi connectivity index (χ0) is 15.8. The SMILES string of the molecule is CC1=C/C/C=C(/C)C[C@@H](O)/C=C(/C)CC[C@@H](C(C)C)/C=C\1. The minimum atomic E-state index is -0.345. The van der Waals surface area contributed by atoms with Gasteiger partial charge in [-0.3, -0.25) is 0 Å². The lowest BCUT2D eigenvalue weighted by Gasteiger charge is -2.18. The largest absolute Gasteiger partial charge is 0.389 e. The molecule has 0 aromatic heterocycles. The highest BCUT2D eigenvalue weighted by molar-refractivity contribution is 5.19. The summed E-state index contributed by atoms with van der Waals surface area (Å²) in [5, 5.41) is 10.1. The van der Waals surface area contributed by atoms with E-state index < -0.39 is 0 Å². The van der Waals surface area contributed by atoms with E-state index in [0.717, 1.165) is 25.7 Å². The summed E-state index contributed by atoms with van der Waals surface area (Å²) in [7, 11) is 0. The Balaban J connectivity index is 2.94. The summed E-state index contributed by atoms with van der Waals surface area (Å²) in [6.07, 6.45) is 14.7. The molecule has 0 aromatic rings. The molecule has 0 unspecified atom stereocenters. The molecule has 1 aliphatic carbocycles. The minimum absolute atomic E-state index is 0.345. The first-order valence-electron chi connectivity index (χ1n) is 8.24. The van der Waals surface area contributed by atoms with Gasteiger partial charge in [0.25, 0.3) is 0 Å². The average Bonchev–Trinajstić information content (AvgIpc) is 2.36. The normalized spacial score (nSPS) is 34.9. The van der Waals surface area contributed by atoms with Crippen LogP contribution in [-0.2, 0) is 0 Å². The highest BCUT2D eigenvalue weighted by Gasteiger charge is 2.11. The molecule has 1 rings (SSSR count). The van der Waals surface area contributed by atoms with E-state index in [-0.39, 0.29) is 6.10 Å². The molecule has 1 N–H and O–H groups in total. The van der Waals surface area contributed by atoms with Gasteiger partial charge in [-0.1, -0.05) is 60.9 Å². The Morgan fingerprint density at radius 2 is 1.81 bits per heavy atom. The summed E-state index contributed by atoms with van der Waals surface area (Å²) in [6, 6.07) is 0. The summed E-state index contributed by atoms with van der Waals surface area (Å²) in [6.45, 7) is 11.0. The van der Waals surface area contributed by atoms with Crippen LogP contribution < -0.4 is 0 Å². The van der Waals surface area contributed by atoms with Crippen LogP contribution in [0.5, 0.6) is 0 Å². The maximum absolute atomic E-state index is 10.1. The predicted octanol–water partition coefficient (Wildman–Crippen LogP) is 5.59. The first-order chi connectivity index (χ1) is 9.88. The van der Waals surface area contributed by atoms with Crippen LogP contribution in [-0.4, -0.2) is 11.2 Å². The van der Waals surface area contributed by atoms with Gasteiger partial charge in [-0.05, 0) is 58.3 Å². The highest BCUT2D eigenvalue weighted by atomic mass is 16.3. The van der Waals surface area contributed by atoms with Crippen LogP contribution in [0.1, 0.15) is 60.3 Å². The number of allylic oxidation sites excluding steroid dienone is 6. The third-order valence-electron chi connectivity index (χ3n) is 4.25. The molecule has 118 valence electrons. The molecule has 0 heterocycles. The van der Waals surface area contributed by atoms with Gasteiger partial charge in [0.1, 0.15) is 0 Å². The van der Waals surface area contributed by atoms with E-state index in [1.54, 1.807) is 0 Å². The first kappa shape index (κ1) is 18.0. The van der Waals surface area contributed by atoms with Gasteiger partial charge in [0.2, 0.25) is 0 Å². The molecular weight excluding hydrogens is 256 g/mol. The van der Waals surface area contributed by atoms with Gasteiger partial charge < -0.3 is 5.11 Å². The molecule has 0 amide bonds. The van der Waals surface area contributed by atoms with E-state index in [1.165, 1.54) is 16.7 Å². The number of hydrogen-bond donors (Lipinski definition) is 1. The van der Waals surface area contributed by atoms with Crippen LogP contribution in [0.25, 0.3) is 0 Å². The van der Waals surface area contributed by atoms with Crippen molar-refractivity contribution in [1.29, 1.82) is 0 Å². The number of rotatable bonds is 1. The number of aliphatic hydroxyl groups excluding tert-OH is 1. The van der Waals surface area contributed by atoms with Gasteiger partial charge >= 0.3 is 0 Å². The standard InChI is InChI=1S/C20H32O/c1-15(2)19-11-9-16(3)7-6-8-17(4)13-20(21)14-18(5)10-12-19/h7-9,11,14-15,19-21H,6,10,12-13H2,1-5H3/b11-9-,16-7-,17-8-,18-14-/t19-,20+/m0/s1. The lowest BCUT2D eigenvalue weighted by atomic mass is 9.88. The van der Waals surface area contributed by atoms with E-state index in [0.29, 0.717) is 11.8 Å². The molecule has 2 atom stereocenters. The number of hydrogen-bond acceptors (Lipinski definition) is 1. The van der Waals surface area contributed by atoms with Crippen molar-refractivity contribution < 1.29 is 5.11 Å². The second-order valence-electron chi connectivity index (χ2n) is 6.82. The Hall–Kier alpha value is -1.08. The Bertz CT molecular complexity index is 435. The van der Waals surface area contributed by atoms with Gasteiger partial charge in [0.15, 0.2) is 0 Å². The van der Waals surface area contributed by atoms with Crippen molar-refractivity contribution in [3.05, 3.63) is 47.1 Å². The van der Waals surface area contributed by atoms with Crippen molar-refractivity contribution in [2.24, 2.45) is 11.8 Å². The minimum Gasteiger partial charge on any atom is -0.389 e. The lowest BCUT2D eigenvalue weighted by Crippen LogP contribution is -2.07. The smallest absolute Gasteiger partial charge is 0.0760 e. The second kappa shape index (κ2) is 9.04. The second-order valence-corrected chi connectivity index (χ2v) is 6.82.